The molecule has 1 unspecified atom stereocenters. The van der Waals surface area contributed by atoms with Crippen LogP contribution in [0.3, 0.4) is 0 Å². The standard InChI is InChI=1S/C13H13BrFNS/c14-13-10(2-1-3-11(13)15)12(16)5-4-9-6-7-17-8-9/h1-3,6-8,12H,4-5,16H2. The summed E-state index contributed by atoms with van der Waals surface area (Å²) >= 11 is 4.93. The normalized spacial score (nSPS) is 12.6. The predicted molar refractivity (Wildman–Crippen MR) is 73.7 cm³/mol. The number of benzene rings is 1. The van der Waals surface area contributed by atoms with E-state index in [1.807, 2.05) is 6.07 Å². The molecule has 0 saturated heterocycles. The first kappa shape index (κ1) is 12.7. The van der Waals surface area contributed by atoms with Crippen LogP contribution in [-0.2, 0) is 6.42 Å². The first-order chi connectivity index (χ1) is 8.18. The van der Waals surface area contributed by atoms with Crippen LogP contribution in [-0.4, -0.2) is 0 Å². The van der Waals surface area contributed by atoms with E-state index in [9.17, 15) is 4.39 Å². The van der Waals surface area contributed by atoms with Gasteiger partial charge in [-0.1, -0.05) is 12.1 Å². The quantitative estimate of drug-likeness (QED) is 0.895. The fourth-order valence-corrected chi connectivity index (χ4v) is 2.98. The largest absolute Gasteiger partial charge is 0.324 e. The van der Waals surface area contributed by atoms with Gasteiger partial charge >= 0.3 is 0 Å². The lowest BCUT2D eigenvalue weighted by Gasteiger charge is -2.13. The molecule has 0 saturated carbocycles. The van der Waals surface area contributed by atoms with Crippen molar-refractivity contribution < 1.29 is 4.39 Å². The van der Waals surface area contributed by atoms with Crippen LogP contribution in [0.1, 0.15) is 23.6 Å². The van der Waals surface area contributed by atoms with Gasteiger partial charge in [0.15, 0.2) is 0 Å². The highest BCUT2D eigenvalue weighted by Gasteiger charge is 2.12. The molecule has 0 amide bonds. The van der Waals surface area contributed by atoms with E-state index >= 15 is 0 Å². The molecule has 0 radical (unpaired) electrons. The average Bonchev–Trinajstić information content (AvgIpc) is 2.82. The SMILES string of the molecule is NC(CCc1ccsc1)c1cccc(F)c1Br. The first-order valence-corrected chi connectivity index (χ1v) is 7.12. The Morgan fingerprint density at radius 2 is 2.18 bits per heavy atom. The molecule has 2 aromatic rings. The minimum Gasteiger partial charge on any atom is -0.324 e. The highest BCUT2D eigenvalue weighted by Crippen LogP contribution is 2.27. The molecule has 1 aromatic carbocycles. The third-order valence-corrected chi connectivity index (χ3v) is 4.27. The van der Waals surface area contributed by atoms with E-state index in [4.69, 9.17) is 5.73 Å². The van der Waals surface area contributed by atoms with Crippen molar-refractivity contribution in [3.8, 4) is 0 Å². The van der Waals surface area contributed by atoms with Gasteiger partial charge in [0.25, 0.3) is 0 Å². The summed E-state index contributed by atoms with van der Waals surface area (Å²) in [6, 6.07) is 6.95. The Balaban J connectivity index is 2.04. The molecule has 0 spiro atoms. The molecule has 90 valence electrons. The Morgan fingerprint density at radius 3 is 2.88 bits per heavy atom. The molecule has 1 heterocycles. The number of rotatable bonds is 4. The number of hydrogen-bond donors (Lipinski definition) is 1. The highest BCUT2D eigenvalue weighted by atomic mass is 79.9. The minimum absolute atomic E-state index is 0.139. The average molecular weight is 314 g/mol. The van der Waals surface area contributed by atoms with Crippen molar-refractivity contribution in [2.75, 3.05) is 0 Å². The molecular weight excluding hydrogens is 301 g/mol. The summed E-state index contributed by atoms with van der Waals surface area (Å²) in [5, 5.41) is 4.17. The molecule has 2 rings (SSSR count). The van der Waals surface area contributed by atoms with Crippen LogP contribution in [0.4, 0.5) is 4.39 Å². The van der Waals surface area contributed by atoms with Crippen LogP contribution >= 0.6 is 27.3 Å². The van der Waals surface area contributed by atoms with Crippen LogP contribution in [0.2, 0.25) is 0 Å². The van der Waals surface area contributed by atoms with Crippen LogP contribution < -0.4 is 5.73 Å². The van der Waals surface area contributed by atoms with E-state index in [2.05, 4.69) is 32.8 Å². The molecule has 1 nitrogen and oxygen atoms in total. The van der Waals surface area contributed by atoms with E-state index in [1.54, 1.807) is 17.4 Å². The number of thiophene rings is 1. The van der Waals surface area contributed by atoms with Gasteiger partial charge in [-0.15, -0.1) is 0 Å². The van der Waals surface area contributed by atoms with Gasteiger partial charge in [-0.3, -0.25) is 0 Å². The second kappa shape index (κ2) is 5.76. The lowest BCUT2D eigenvalue weighted by molar-refractivity contribution is 0.601. The molecule has 4 heteroatoms. The maximum atomic E-state index is 13.4. The maximum Gasteiger partial charge on any atom is 0.137 e. The van der Waals surface area contributed by atoms with Crippen LogP contribution in [0, 0.1) is 5.82 Å². The third-order valence-electron chi connectivity index (χ3n) is 2.71. The van der Waals surface area contributed by atoms with Crippen molar-refractivity contribution in [3.63, 3.8) is 0 Å². The Kier molecular flexibility index (Phi) is 4.31. The van der Waals surface area contributed by atoms with Gasteiger partial charge in [-0.25, -0.2) is 4.39 Å². The summed E-state index contributed by atoms with van der Waals surface area (Å²) in [6.45, 7) is 0. The molecular formula is C13H13BrFNS. The Morgan fingerprint density at radius 1 is 1.35 bits per heavy atom. The van der Waals surface area contributed by atoms with E-state index in [0.29, 0.717) is 4.47 Å². The maximum absolute atomic E-state index is 13.4. The molecule has 0 bridgehead atoms. The molecule has 17 heavy (non-hydrogen) atoms. The van der Waals surface area contributed by atoms with Crippen LogP contribution in [0.5, 0.6) is 0 Å². The summed E-state index contributed by atoms with van der Waals surface area (Å²) in [6.07, 6.45) is 1.74. The fourth-order valence-electron chi connectivity index (χ4n) is 1.72. The monoisotopic (exact) mass is 313 g/mol. The van der Waals surface area contributed by atoms with Gasteiger partial charge in [0.05, 0.1) is 4.47 Å². The molecule has 0 fully saturated rings. The topological polar surface area (TPSA) is 26.0 Å². The third kappa shape index (κ3) is 3.15. The number of aryl methyl sites for hydroxylation is 1. The van der Waals surface area contributed by atoms with Gasteiger partial charge < -0.3 is 5.73 Å². The Labute approximate surface area is 113 Å². The lowest BCUT2D eigenvalue weighted by Crippen LogP contribution is -2.12. The second-order valence-electron chi connectivity index (χ2n) is 3.92. The van der Waals surface area contributed by atoms with E-state index in [0.717, 1.165) is 18.4 Å². The van der Waals surface area contributed by atoms with Gasteiger partial charge in [0, 0.05) is 6.04 Å². The smallest absolute Gasteiger partial charge is 0.137 e. The van der Waals surface area contributed by atoms with Gasteiger partial charge in [-0.05, 0) is 62.8 Å². The Bertz CT molecular complexity index is 484. The molecule has 0 aliphatic heterocycles. The zero-order valence-corrected chi connectivity index (χ0v) is 11.6. The number of halogens is 2. The second-order valence-corrected chi connectivity index (χ2v) is 5.49. The summed E-state index contributed by atoms with van der Waals surface area (Å²) in [5.41, 5.74) is 8.21. The lowest BCUT2D eigenvalue weighted by atomic mass is 10.0. The minimum atomic E-state index is -0.256. The van der Waals surface area contributed by atoms with Crippen molar-refractivity contribution in [3.05, 3.63) is 56.4 Å². The highest BCUT2D eigenvalue weighted by molar-refractivity contribution is 9.10. The van der Waals surface area contributed by atoms with Crippen molar-refractivity contribution in [1.82, 2.24) is 0 Å². The van der Waals surface area contributed by atoms with Gasteiger partial charge in [0.2, 0.25) is 0 Å². The summed E-state index contributed by atoms with van der Waals surface area (Å²) in [7, 11) is 0. The summed E-state index contributed by atoms with van der Waals surface area (Å²) in [4.78, 5) is 0. The van der Waals surface area contributed by atoms with Crippen molar-refractivity contribution in [2.24, 2.45) is 5.73 Å². The van der Waals surface area contributed by atoms with Crippen molar-refractivity contribution in [2.45, 2.75) is 18.9 Å². The summed E-state index contributed by atoms with van der Waals surface area (Å²) in [5.74, 6) is -0.256. The van der Waals surface area contributed by atoms with Gasteiger partial charge in [-0.2, -0.15) is 11.3 Å². The zero-order valence-electron chi connectivity index (χ0n) is 9.20. The molecule has 0 aliphatic rings. The Hall–Kier alpha value is -0.710. The number of hydrogen-bond acceptors (Lipinski definition) is 2. The van der Waals surface area contributed by atoms with Crippen LogP contribution in [0.25, 0.3) is 0 Å². The first-order valence-electron chi connectivity index (χ1n) is 5.39. The van der Waals surface area contributed by atoms with E-state index in [-0.39, 0.29) is 11.9 Å². The fraction of sp³-hybridized carbons (Fsp3) is 0.231. The van der Waals surface area contributed by atoms with E-state index in [1.165, 1.54) is 11.6 Å². The van der Waals surface area contributed by atoms with E-state index < -0.39 is 0 Å². The van der Waals surface area contributed by atoms with Crippen molar-refractivity contribution >= 4 is 27.3 Å². The predicted octanol–water partition coefficient (Wildman–Crippen LogP) is 4.28. The van der Waals surface area contributed by atoms with Crippen LogP contribution in [0.15, 0.2) is 39.5 Å². The number of nitrogens with two attached hydrogens (primary N) is 1. The molecule has 0 aliphatic carbocycles. The molecule has 1 aromatic heterocycles. The molecule has 2 N–H and O–H groups in total. The van der Waals surface area contributed by atoms with Crippen molar-refractivity contribution in [1.29, 1.82) is 0 Å². The summed E-state index contributed by atoms with van der Waals surface area (Å²) < 4.78 is 13.8. The van der Waals surface area contributed by atoms with Gasteiger partial charge in [0.1, 0.15) is 5.82 Å². The molecule has 1 atom stereocenters. The zero-order chi connectivity index (χ0) is 12.3.